The van der Waals surface area contributed by atoms with E-state index in [1.165, 1.54) is 0 Å². The van der Waals surface area contributed by atoms with Crippen LogP contribution >= 0.6 is 0 Å². The first kappa shape index (κ1) is 12.7. The summed E-state index contributed by atoms with van der Waals surface area (Å²) in [4.78, 5) is 15.9. The van der Waals surface area contributed by atoms with E-state index in [-0.39, 0.29) is 5.56 Å². The first-order chi connectivity index (χ1) is 7.56. The molecule has 0 fully saturated rings. The zero-order valence-corrected chi connectivity index (χ0v) is 10.5. The molecule has 16 heavy (non-hydrogen) atoms. The van der Waals surface area contributed by atoms with Gasteiger partial charge in [-0.05, 0) is 18.8 Å². The van der Waals surface area contributed by atoms with Gasteiger partial charge >= 0.3 is 0 Å². The smallest absolute Gasteiger partial charge is 0.293 e. The molecule has 0 aromatic carbocycles. The zero-order valence-electron chi connectivity index (χ0n) is 10.5. The van der Waals surface area contributed by atoms with Crippen molar-refractivity contribution in [3.05, 3.63) is 22.7 Å². The van der Waals surface area contributed by atoms with Gasteiger partial charge in [-0.2, -0.15) is 0 Å². The number of aryl methyl sites for hydroxylation is 1. The maximum Gasteiger partial charge on any atom is 0.293 e. The number of hydrogen-bond acceptors (Lipinski definition) is 3. The van der Waals surface area contributed by atoms with E-state index in [1.807, 2.05) is 6.92 Å². The van der Waals surface area contributed by atoms with Crippen molar-refractivity contribution in [1.82, 2.24) is 9.55 Å². The van der Waals surface area contributed by atoms with Crippen molar-refractivity contribution in [2.75, 3.05) is 11.9 Å². The van der Waals surface area contributed by atoms with Gasteiger partial charge in [-0.25, -0.2) is 4.98 Å². The largest absolute Gasteiger partial charge is 0.365 e. The fourth-order valence-electron chi connectivity index (χ4n) is 1.31. The highest BCUT2D eigenvalue weighted by Gasteiger charge is 2.09. The Morgan fingerprint density at radius 2 is 2.12 bits per heavy atom. The minimum absolute atomic E-state index is 0.0408. The van der Waals surface area contributed by atoms with E-state index in [0.29, 0.717) is 24.2 Å². The maximum atomic E-state index is 11.8. The summed E-state index contributed by atoms with van der Waals surface area (Å²) in [6.45, 7) is 9.93. The monoisotopic (exact) mass is 223 g/mol. The molecule has 1 N–H and O–H groups in total. The molecule has 1 atom stereocenters. The molecular weight excluding hydrogens is 202 g/mol. The summed E-state index contributed by atoms with van der Waals surface area (Å²) in [6.07, 6.45) is 3.37. The molecule has 0 radical (unpaired) electrons. The second-order valence-corrected chi connectivity index (χ2v) is 4.47. The van der Waals surface area contributed by atoms with Crippen LogP contribution < -0.4 is 10.9 Å². The predicted octanol–water partition coefficient (Wildman–Crippen LogP) is 1.97. The third-order valence-electron chi connectivity index (χ3n) is 2.98. The van der Waals surface area contributed by atoms with Crippen LogP contribution in [0.15, 0.2) is 17.2 Å². The van der Waals surface area contributed by atoms with E-state index >= 15 is 0 Å². The Hall–Kier alpha value is -1.32. The van der Waals surface area contributed by atoms with Gasteiger partial charge in [-0.3, -0.25) is 4.79 Å². The van der Waals surface area contributed by atoms with Crippen molar-refractivity contribution < 1.29 is 0 Å². The van der Waals surface area contributed by atoms with Crippen LogP contribution in [0.4, 0.5) is 5.82 Å². The van der Waals surface area contributed by atoms with Crippen LogP contribution in [0.5, 0.6) is 0 Å². The molecule has 0 spiro atoms. The molecule has 0 saturated carbocycles. The van der Waals surface area contributed by atoms with Crippen molar-refractivity contribution >= 4 is 5.82 Å². The lowest BCUT2D eigenvalue weighted by atomic mass is 9.98. The lowest BCUT2D eigenvalue weighted by Crippen LogP contribution is -2.26. The van der Waals surface area contributed by atoms with Crippen LogP contribution in [0.1, 0.15) is 27.7 Å². The van der Waals surface area contributed by atoms with E-state index < -0.39 is 0 Å². The van der Waals surface area contributed by atoms with Gasteiger partial charge < -0.3 is 9.88 Å². The predicted molar refractivity (Wildman–Crippen MR) is 66.7 cm³/mol. The van der Waals surface area contributed by atoms with Crippen molar-refractivity contribution in [3.63, 3.8) is 0 Å². The number of hydrogen-bond donors (Lipinski definition) is 1. The highest BCUT2D eigenvalue weighted by Crippen LogP contribution is 2.09. The lowest BCUT2D eigenvalue weighted by Gasteiger charge is -2.16. The van der Waals surface area contributed by atoms with E-state index in [1.54, 1.807) is 17.0 Å². The average Bonchev–Trinajstić information content (AvgIpc) is 2.27. The van der Waals surface area contributed by atoms with Gasteiger partial charge in [0.25, 0.3) is 5.56 Å². The molecule has 1 heterocycles. The summed E-state index contributed by atoms with van der Waals surface area (Å²) in [5.74, 6) is 1.58. The third-order valence-corrected chi connectivity index (χ3v) is 2.98. The van der Waals surface area contributed by atoms with Gasteiger partial charge in [0.05, 0.1) is 0 Å². The molecule has 0 amide bonds. The Bertz CT molecular complexity index is 384. The Balaban J connectivity index is 2.71. The minimum atomic E-state index is -0.0408. The van der Waals surface area contributed by atoms with Crippen molar-refractivity contribution in [2.45, 2.75) is 34.2 Å². The zero-order chi connectivity index (χ0) is 12.1. The second kappa shape index (κ2) is 5.68. The highest BCUT2D eigenvalue weighted by molar-refractivity contribution is 5.30. The standard InChI is InChI=1S/C12H21N3O/c1-5-15-7-6-13-11(12(15)16)14-8-10(4)9(2)3/h6-7,9-10H,5,8H2,1-4H3,(H,13,14). The molecule has 1 aromatic heterocycles. The number of nitrogens with zero attached hydrogens (tertiary/aromatic N) is 2. The minimum Gasteiger partial charge on any atom is -0.365 e. The fraction of sp³-hybridized carbons (Fsp3) is 0.667. The molecule has 4 heteroatoms. The van der Waals surface area contributed by atoms with E-state index in [2.05, 4.69) is 31.1 Å². The normalized spacial score (nSPS) is 12.8. The quantitative estimate of drug-likeness (QED) is 0.830. The molecule has 0 bridgehead atoms. The summed E-state index contributed by atoms with van der Waals surface area (Å²) in [5, 5.41) is 3.12. The number of aromatic nitrogens is 2. The first-order valence-electron chi connectivity index (χ1n) is 5.85. The molecule has 1 aromatic rings. The van der Waals surface area contributed by atoms with Crippen LogP contribution in [0.25, 0.3) is 0 Å². The Labute approximate surface area is 96.7 Å². The highest BCUT2D eigenvalue weighted by atomic mass is 16.1. The average molecular weight is 223 g/mol. The van der Waals surface area contributed by atoms with Crippen LogP contribution in [0.2, 0.25) is 0 Å². The Kier molecular flexibility index (Phi) is 4.52. The van der Waals surface area contributed by atoms with Gasteiger partial charge in [-0.15, -0.1) is 0 Å². The van der Waals surface area contributed by atoms with Crippen LogP contribution in [0.3, 0.4) is 0 Å². The molecule has 90 valence electrons. The molecular formula is C12H21N3O. The molecule has 4 nitrogen and oxygen atoms in total. The molecule has 0 aliphatic rings. The van der Waals surface area contributed by atoms with Crippen molar-refractivity contribution in [1.29, 1.82) is 0 Å². The first-order valence-corrected chi connectivity index (χ1v) is 5.85. The van der Waals surface area contributed by atoms with Gasteiger partial charge in [0.2, 0.25) is 0 Å². The van der Waals surface area contributed by atoms with E-state index in [4.69, 9.17) is 0 Å². The van der Waals surface area contributed by atoms with E-state index in [0.717, 1.165) is 6.54 Å². The van der Waals surface area contributed by atoms with Crippen LogP contribution in [0, 0.1) is 11.8 Å². The molecule has 0 saturated heterocycles. The van der Waals surface area contributed by atoms with Gasteiger partial charge in [0.15, 0.2) is 5.82 Å². The fourth-order valence-corrected chi connectivity index (χ4v) is 1.31. The molecule has 1 unspecified atom stereocenters. The lowest BCUT2D eigenvalue weighted by molar-refractivity contribution is 0.439. The number of rotatable bonds is 5. The van der Waals surface area contributed by atoms with Gasteiger partial charge in [0, 0.05) is 25.5 Å². The number of anilines is 1. The maximum absolute atomic E-state index is 11.8. The van der Waals surface area contributed by atoms with Crippen molar-refractivity contribution in [2.24, 2.45) is 11.8 Å². The summed E-state index contributed by atoms with van der Waals surface area (Å²) in [6, 6.07) is 0. The number of nitrogens with one attached hydrogen (secondary N) is 1. The topological polar surface area (TPSA) is 46.9 Å². The third kappa shape index (κ3) is 3.08. The SMILES string of the molecule is CCn1ccnc(NCC(C)C(C)C)c1=O. The molecule has 1 rings (SSSR count). The van der Waals surface area contributed by atoms with Gasteiger partial charge in [-0.1, -0.05) is 20.8 Å². The second-order valence-electron chi connectivity index (χ2n) is 4.47. The summed E-state index contributed by atoms with van der Waals surface area (Å²) in [7, 11) is 0. The summed E-state index contributed by atoms with van der Waals surface area (Å²) in [5.41, 5.74) is -0.0408. The molecule has 0 aliphatic heterocycles. The summed E-state index contributed by atoms with van der Waals surface area (Å²) >= 11 is 0. The van der Waals surface area contributed by atoms with Crippen LogP contribution in [-0.2, 0) is 6.54 Å². The van der Waals surface area contributed by atoms with E-state index in [9.17, 15) is 4.79 Å². The summed E-state index contributed by atoms with van der Waals surface area (Å²) < 4.78 is 1.65. The molecule has 0 aliphatic carbocycles. The van der Waals surface area contributed by atoms with Crippen LogP contribution in [-0.4, -0.2) is 16.1 Å². The Morgan fingerprint density at radius 1 is 1.44 bits per heavy atom. The Morgan fingerprint density at radius 3 is 2.69 bits per heavy atom. The van der Waals surface area contributed by atoms with Gasteiger partial charge in [0.1, 0.15) is 0 Å². The van der Waals surface area contributed by atoms with Crippen molar-refractivity contribution in [3.8, 4) is 0 Å².